The Morgan fingerprint density at radius 1 is 1.08 bits per heavy atom. The average molecular weight is 530 g/mol. The van der Waals surface area contributed by atoms with Gasteiger partial charge < -0.3 is 25.2 Å². The summed E-state index contributed by atoms with van der Waals surface area (Å²) in [6.07, 6.45) is 1.72. The van der Waals surface area contributed by atoms with Gasteiger partial charge in [0.1, 0.15) is 12.4 Å². The number of aliphatic hydroxyl groups is 2. The highest BCUT2D eigenvalue weighted by molar-refractivity contribution is 5.91. The Balaban J connectivity index is 1.24. The van der Waals surface area contributed by atoms with E-state index in [0.717, 1.165) is 28.1 Å². The van der Waals surface area contributed by atoms with Crippen molar-refractivity contribution >= 4 is 17.5 Å². The first-order valence-corrected chi connectivity index (χ1v) is 12.8. The van der Waals surface area contributed by atoms with Gasteiger partial charge in [-0.1, -0.05) is 48.5 Å². The summed E-state index contributed by atoms with van der Waals surface area (Å²) in [7, 11) is 0. The van der Waals surface area contributed by atoms with Gasteiger partial charge in [-0.3, -0.25) is 19.6 Å². The molecular weight excluding hydrogens is 498 g/mol. The van der Waals surface area contributed by atoms with Crippen molar-refractivity contribution < 1.29 is 24.5 Å². The SMILES string of the molecule is C[C@@H](NC(=O)[C@H](O)[C@@H](O)C(=O)N1Cc2cccnc2C1)c1ccc(N2C=CCN2)c(OCc2ccccc2)c1. The number of hydrogen-bond acceptors (Lipinski definition) is 8. The largest absolute Gasteiger partial charge is 0.487 e. The minimum atomic E-state index is -1.93. The van der Waals surface area contributed by atoms with Crippen LogP contribution in [0.4, 0.5) is 5.69 Å². The number of hydrazine groups is 1. The highest BCUT2D eigenvalue weighted by atomic mass is 16.5. The maximum atomic E-state index is 12.8. The number of nitrogens with zero attached hydrogens (tertiary/aromatic N) is 3. The van der Waals surface area contributed by atoms with Gasteiger partial charge in [0.15, 0.2) is 12.2 Å². The fraction of sp³-hybridized carbons (Fsp3) is 0.276. The summed E-state index contributed by atoms with van der Waals surface area (Å²) in [5.74, 6) is -0.969. The molecule has 0 spiro atoms. The first kappa shape index (κ1) is 26.4. The van der Waals surface area contributed by atoms with Gasteiger partial charge in [0.2, 0.25) is 0 Å². The lowest BCUT2D eigenvalue weighted by Crippen LogP contribution is -2.50. The van der Waals surface area contributed by atoms with Crippen molar-refractivity contribution in [2.75, 3.05) is 11.6 Å². The van der Waals surface area contributed by atoms with E-state index in [0.29, 0.717) is 18.9 Å². The highest BCUT2D eigenvalue weighted by Gasteiger charge is 2.36. The third kappa shape index (κ3) is 5.93. The van der Waals surface area contributed by atoms with Gasteiger partial charge in [-0.2, -0.15) is 0 Å². The van der Waals surface area contributed by atoms with E-state index >= 15 is 0 Å². The van der Waals surface area contributed by atoms with Gasteiger partial charge in [0, 0.05) is 25.5 Å². The van der Waals surface area contributed by atoms with Crippen LogP contribution in [0, 0.1) is 0 Å². The predicted molar refractivity (Wildman–Crippen MR) is 144 cm³/mol. The monoisotopic (exact) mass is 529 g/mol. The predicted octanol–water partition coefficient (Wildman–Crippen LogP) is 1.94. The number of hydrogen-bond donors (Lipinski definition) is 4. The zero-order valence-electron chi connectivity index (χ0n) is 21.5. The van der Waals surface area contributed by atoms with Crippen molar-refractivity contribution in [1.82, 2.24) is 20.6 Å². The molecule has 0 bridgehead atoms. The number of aliphatic hydroxyl groups excluding tert-OH is 2. The van der Waals surface area contributed by atoms with Gasteiger partial charge in [0.05, 0.1) is 24.0 Å². The molecule has 0 saturated carbocycles. The van der Waals surface area contributed by atoms with E-state index in [2.05, 4.69) is 15.7 Å². The van der Waals surface area contributed by atoms with Crippen LogP contribution in [0.1, 0.15) is 35.3 Å². The molecule has 10 heteroatoms. The van der Waals surface area contributed by atoms with Crippen LogP contribution in [-0.4, -0.2) is 50.7 Å². The summed E-state index contributed by atoms with van der Waals surface area (Å²) in [6, 6.07) is 18.5. The van der Waals surface area contributed by atoms with E-state index < -0.39 is 30.1 Å². The molecule has 5 rings (SSSR count). The molecule has 0 radical (unpaired) electrons. The Morgan fingerprint density at radius 3 is 2.64 bits per heavy atom. The minimum absolute atomic E-state index is 0.218. The molecule has 4 N–H and O–H groups in total. The Labute approximate surface area is 226 Å². The van der Waals surface area contributed by atoms with Crippen molar-refractivity contribution in [1.29, 1.82) is 0 Å². The van der Waals surface area contributed by atoms with Crippen molar-refractivity contribution in [3.05, 3.63) is 102 Å². The van der Waals surface area contributed by atoms with Crippen molar-refractivity contribution in [3.63, 3.8) is 0 Å². The van der Waals surface area contributed by atoms with E-state index in [-0.39, 0.29) is 13.1 Å². The fourth-order valence-electron chi connectivity index (χ4n) is 4.58. The first-order valence-electron chi connectivity index (χ1n) is 12.8. The van der Waals surface area contributed by atoms with Crippen LogP contribution in [0.5, 0.6) is 5.75 Å². The van der Waals surface area contributed by atoms with Crippen LogP contribution < -0.4 is 20.5 Å². The fourth-order valence-corrected chi connectivity index (χ4v) is 4.58. The van der Waals surface area contributed by atoms with Gasteiger partial charge >= 0.3 is 0 Å². The van der Waals surface area contributed by atoms with Crippen LogP contribution in [0.15, 0.2) is 79.1 Å². The molecule has 0 aliphatic carbocycles. The molecule has 3 atom stereocenters. The number of nitrogens with one attached hydrogen (secondary N) is 2. The molecule has 202 valence electrons. The number of pyridine rings is 1. The Kier molecular flexibility index (Phi) is 7.87. The summed E-state index contributed by atoms with van der Waals surface area (Å²) in [6.45, 7) is 3.30. The molecule has 39 heavy (non-hydrogen) atoms. The first-order chi connectivity index (χ1) is 18.9. The molecule has 0 unspecified atom stereocenters. The number of fused-ring (bicyclic) bond motifs is 1. The summed E-state index contributed by atoms with van der Waals surface area (Å²) in [5, 5.41) is 25.6. The van der Waals surface area contributed by atoms with Crippen molar-refractivity contribution in [2.24, 2.45) is 0 Å². The van der Waals surface area contributed by atoms with E-state index in [9.17, 15) is 19.8 Å². The van der Waals surface area contributed by atoms with E-state index in [1.54, 1.807) is 19.2 Å². The van der Waals surface area contributed by atoms with E-state index in [4.69, 9.17) is 4.74 Å². The lowest BCUT2D eigenvalue weighted by Gasteiger charge is -2.25. The zero-order valence-corrected chi connectivity index (χ0v) is 21.5. The Hall–Kier alpha value is -4.25. The highest BCUT2D eigenvalue weighted by Crippen LogP contribution is 2.32. The summed E-state index contributed by atoms with van der Waals surface area (Å²) >= 11 is 0. The molecule has 3 heterocycles. The van der Waals surface area contributed by atoms with Crippen LogP contribution in [0.2, 0.25) is 0 Å². The quantitative estimate of drug-likeness (QED) is 0.331. The van der Waals surface area contributed by atoms with Crippen molar-refractivity contribution in [2.45, 2.75) is 44.9 Å². The molecule has 3 aromatic rings. The van der Waals surface area contributed by atoms with Crippen molar-refractivity contribution in [3.8, 4) is 5.75 Å². The summed E-state index contributed by atoms with van der Waals surface area (Å²) < 4.78 is 6.16. The van der Waals surface area contributed by atoms with Crippen LogP contribution >= 0.6 is 0 Å². The second-order valence-electron chi connectivity index (χ2n) is 9.54. The lowest BCUT2D eigenvalue weighted by molar-refractivity contribution is -0.153. The number of anilines is 1. The molecule has 2 aliphatic heterocycles. The molecular formula is C29H31N5O5. The molecule has 0 saturated heterocycles. The topological polar surface area (TPSA) is 127 Å². The lowest BCUT2D eigenvalue weighted by atomic mass is 10.1. The Morgan fingerprint density at radius 2 is 1.90 bits per heavy atom. The zero-order chi connectivity index (χ0) is 27.4. The number of benzene rings is 2. The van der Waals surface area contributed by atoms with Crippen LogP contribution in [-0.2, 0) is 29.3 Å². The van der Waals surface area contributed by atoms with Gasteiger partial charge in [-0.25, -0.2) is 5.43 Å². The van der Waals surface area contributed by atoms with Crippen LogP contribution in [0.25, 0.3) is 0 Å². The van der Waals surface area contributed by atoms with E-state index in [1.807, 2.05) is 71.9 Å². The standard InChI is InChI=1S/C29H31N5O5/c1-19(32-28(37)26(35)27(36)29(38)33-16-22-9-5-12-30-23(22)17-33)21-10-11-24(34-14-6-13-31-34)25(15-21)39-18-20-7-3-2-4-8-20/h2-12,14-15,19,26-27,31,35-36H,13,16-18H2,1H3,(H,32,37)/t19-,26-,27-/m1/s1. The maximum absolute atomic E-state index is 12.8. The normalized spacial score (nSPS) is 16.5. The van der Waals surface area contributed by atoms with Gasteiger partial charge in [0.25, 0.3) is 11.8 Å². The van der Waals surface area contributed by atoms with E-state index in [1.165, 1.54) is 4.90 Å². The molecule has 10 nitrogen and oxygen atoms in total. The number of carbonyl (C=O) groups excluding carboxylic acids is 2. The smallest absolute Gasteiger partial charge is 0.255 e. The third-order valence-corrected chi connectivity index (χ3v) is 6.79. The minimum Gasteiger partial charge on any atom is -0.487 e. The second-order valence-corrected chi connectivity index (χ2v) is 9.54. The number of rotatable bonds is 9. The summed E-state index contributed by atoms with van der Waals surface area (Å²) in [4.78, 5) is 31.2. The van der Waals surface area contributed by atoms with Gasteiger partial charge in [-0.05, 0) is 41.8 Å². The molecule has 0 fully saturated rings. The maximum Gasteiger partial charge on any atom is 0.255 e. The number of amides is 2. The number of carbonyl (C=O) groups is 2. The molecule has 1 aromatic heterocycles. The number of aromatic nitrogens is 1. The average Bonchev–Trinajstić information content (AvgIpc) is 3.66. The molecule has 2 aliphatic rings. The Bertz CT molecular complexity index is 1340. The van der Waals surface area contributed by atoms with Gasteiger partial charge in [-0.15, -0.1) is 0 Å². The summed E-state index contributed by atoms with van der Waals surface area (Å²) in [5.41, 5.74) is 7.39. The molecule has 2 aromatic carbocycles. The van der Waals surface area contributed by atoms with Crippen LogP contribution in [0.3, 0.4) is 0 Å². The number of ether oxygens (including phenoxy) is 1. The molecule has 2 amide bonds. The third-order valence-electron chi connectivity index (χ3n) is 6.79. The second kappa shape index (κ2) is 11.6.